The summed E-state index contributed by atoms with van der Waals surface area (Å²) in [6, 6.07) is 3.73. The van der Waals surface area contributed by atoms with E-state index in [-0.39, 0.29) is 11.7 Å². The van der Waals surface area contributed by atoms with Gasteiger partial charge in [-0.25, -0.2) is 0 Å². The third-order valence-electron chi connectivity index (χ3n) is 4.17. The van der Waals surface area contributed by atoms with Crippen LogP contribution >= 0.6 is 0 Å². The standard InChI is InChI=1S/C15H22N4O2/c16-13(19-21)15(7-3-1-2-4-8-15)14(20)18-11-12-6-5-9-17-10-12/h5-6,9-10,21H,1-4,7-8,11H2,(H2,16,19)(H,18,20). The summed E-state index contributed by atoms with van der Waals surface area (Å²) in [5.41, 5.74) is 5.89. The number of hydrogen-bond donors (Lipinski definition) is 3. The largest absolute Gasteiger partial charge is 0.409 e. The lowest BCUT2D eigenvalue weighted by atomic mass is 9.78. The van der Waals surface area contributed by atoms with E-state index in [1.54, 1.807) is 12.4 Å². The second-order valence-electron chi connectivity index (χ2n) is 5.53. The summed E-state index contributed by atoms with van der Waals surface area (Å²) in [4.78, 5) is 16.7. The molecule has 0 radical (unpaired) electrons. The molecule has 0 aliphatic heterocycles. The van der Waals surface area contributed by atoms with Crippen molar-refractivity contribution in [2.75, 3.05) is 0 Å². The van der Waals surface area contributed by atoms with Crippen molar-refractivity contribution in [1.82, 2.24) is 10.3 Å². The first-order valence-electron chi connectivity index (χ1n) is 7.34. The molecule has 6 heteroatoms. The molecule has 1 aromatic rings. The van der Waals surface area contributed by atoms with E-state index in [9.17, 15) is 4.79 Å². The van der Waals surface area contributed by atoms with Gasteiger partial charge in [0.25, 0.3) is 0 Å². The number of carbonyl (C=O) groups excluding carboxylic acids is 1. The molecule has 6 nitrogen and oxygen atoms in total. The Morgan fingerprint density at radius 2 is 2.10 bits per heavy atom. The predicted molar refractivity (Wildman–Crippen MR) is 79.6 cm³/mol. The Labute approximate surface area is 124 Å². The van der Waals surface area contributed by atoms with Crippen molar-refractivity contribution in [3.8, 4) is 0 Å². The van der Waals surface area contributed by atoms with Crippen LogP contribution in [0.1, 0.15) is 44.1 Å². The lowest BCUT2D eigenvalue weighted by molar-refractivity contribution is -0.128. The van der Waals surface area contributed by atoms with Gasteiger partial charge < -0.3 is 16.3 Å². The molecule has 0 unspecified atom stereocenters. The average Bonchev–Trinajstić information content (AvgIpc) is 2.79. The Morgan fingerprint density at radius 3 is 2.67 bits per heavy atom. The van der Waals surface area contributed by atoms with Gasteiger partial charge in [0.15, 0.2) is 5.84 Å². The summed E-state index contributed by atoms with van der Waals surface area (Å²) in [7, 11) is 0. The van der Waals surface area contributed by atoms with Crippen molar-refractivity contribution in [2.45, 2.75) is 45.1 Å². The summed E-state index contributed by atoms with van der Waals surface area (Å²) < 4.78 is 0. The molecule has 0 aromatic carbocycles. The van der Waals surface area contributed by atoms with Gasteiger partial charge in [-0.3, -0.25) is 9.78 Å². The molecule has 0 atom stereocenters. The van der Waals surface area contributed by atoms with Crippen molar-refractivity contribution >= 4 is 11.7 Å². The van der Waals surface area contributed by atoms with Crippen molar-refractivity contribution < 1.29 is 10.0 Å². The van der Waals surface area contributed by atoms with E-state index in [1.807, 2.05) is 12.1 Å². The first kappa shape index (κ1) is 15.3. The Bertz CT molecular complexity index is 494. The number of aromatic nitrogens is 1. The molecule has 0 saturated heterocycles. The maximum absolute atomic E-state index is 12.6. The van der Waals surface area contributed by atoms with Crippen LogP contribution in [0.4, 0.5) is 0 Å². The van der Waals surface area contributed by atoms with Crippen LogP contribution in [0.5, 0.6) is 0 Å². The minimum Gasteiger partial charge on any atom is -0.409 e. The molecule has 1 heterocycles. The summed E-state index contributed by atoms with van der Waals surface area (Å²) >= 11 is 0. The molecule has 0 spiro atoms. The number of amides is 1. The molecule has 0 bridgehead atoms. The van der Waals surface area contributed by atoms with Crippen LogP contribution < -0.4 is 11.1 Å². The molecule has 1 aromatic heterocycles. The first-order chi connectivity index (χ1) is 10.2. The highest BCUT2D eigenvalue weighted by atomic mass is 16.4. The fraction of sp³-hybridized carbons (Fsp3) is 0.533. The van der Waals surface area contributed by atoms with Crippen LogP contribution in [0.25, 0.3) is 0 Å². The number of nitrogens with one attached hydrogen (secondary N) is 1. The van der Waals surface area contributed by atoms with E-state index >= 15 is 0 Å². The van der Waals surface area contributed by atoms with E-state index in [4.69, 9.17) is 10.9 Å². The molecule has 1 aliphatic rings. The average molecular weight is 290 g/mol. The number of oxime groups is 1. The zero-order valence-corrected chi connectivity index (χ0v) is 12.1. The lowest BCUT2D eigenvalue weighted by Gasteiger charge is -2.29. The van der Waals surface area contributed by atoms with Gasteiger partial charge >= 0.3 is 0 Å². The van der Waals surface area contributed by atoms with Gasteiger partial charge in [0.2, 0.25) is 5.91 Å². The number of carbonyl (C=O) groups is 1. The second-order valence-corrected chi connectivity index (χ2v) is 5.53. The number of nitrogens with zero attached hydrogens (tertiary/aromatic N) is 2. The molecule has 1 amide bonds. The number of nitrogens with two attached hydrogens (primary N) is 1. The van der Waals surface area contributed by atoms with Crippen LogP contribution in [0.15, 0.2) is 29.7 Å². The van der Waals surface area contributed by atoms with Gasteiger partial charge in [-0.2, -0.15) is 0 Å². The minimum atomic E-state index is -0.881. The van der Waals surface area contributed by atoms with Crippen LogP contribution in [0.3, 0.4) is 0 Å². The van der Waals surface area contributed by atoms with E-state index in [0.717, 1.165) is 31.2 Å². The highest BCUT2D eigenvalue weighted by Crippen LogP contribution is 2.35. The summed E-state index contributed by atoms with van der Waals surface area (Å²) in [6.07, 6.45) is 8.64. The highest BCUT2D eigenvalue weighted by Gasteiger charge is 2.42. The third kappa shape index (κ3) is 3.51. The number of amidine groups is 1. The SMILES string of the molecule is NC(=NO)C1(C(=O)NCc2cccnc2)CCCCCC1. The van der Waals surface area contributed by atoms with Crippen LogP contribution in [0.2, 0.25) is 0 Å². The van der Waals surface area contributed by atoms with Gasteiger partial charge in [0.05, 0.1) is 0 Å². The Morgan fingerprint density at radius 1 is 1.38 bits per heavy atom. The van der Waals surface area contributed by atoms with Crippen LogP contribution in [-0.2, 0) is 11.3 Å². The zero-order valence-electron chi connectivity index (χ0n) is 12.1. The first-order valence-corrected chi connectivity index (χ1v) is 7.34. The van der Waals surface area contributed by atoms with E-state index in [0.29, 0.717) is 19.4 Å². The molecular formula is C15H22N4O2. The van der Waals surface area contributed by atoms with Crippen molar-refractivity contribution in [2.24, 2.45) is 16.3 Å². The van der Waals surface area contributed by atoms with E-state index in [2.05, 4.69) is 15.5 Å². The predicted octanol–water partition coefficient (Wildman–Crippen LogP) is 1.78. The quantitative estimate of drug-likeness (QED) is 0.259. The van der Waals surface area contributed by atoms with Gasteiger partial charge in [-0.15, -0.1) is 0 Å². The molecule has 1 saturated carbocycles. The highest BCUT2D eigenvalue weighted by molar-refractivity contribution is 6.06. The Kier molecular flexibility index (Phi) is 5.14. The summed E-state index contributed by atoms with van der Waals surface area (Å²) in [5.74, 6) is -0.142. The third-order valence-corrected chi connectivity index (χ3v) is 4.17. The second kappa shape index (κ2) is 7.06. The van der Waals surface area contributed by atoms with Gasteiger partial charge in [0, 0.05) is 18.9 Å². The topological polar surface area (TPSA) is 101 Å². The molecule has 21 heavy (non-hydrogen) atoms. The molecule has 1 fully saturated rings. The summed E-state index contributed by atoms with van der Waals surface area (Å²) in [6.45, 7) is 0.396. The minimum absolute atomic E-state index is 0.0214. The number of pyridine rings is 1. The Hall–Kier alpha value is -2.11. The number of rotatable bonds is 4. The van der Waals surface area contributed by atoms with Gasteiger partial charge in [-0.1, -0.05) is 36.9 Å². The molecule has 4 N–H and O–H groups in total. The fourth-order valence-electron chi connectivity index (χ4n) is 2.88. The van der Waals surface area contributed by atoms with Gasteiger partial charge in [-0.05, 0) is 24.5 Å². The summed E-state index contributed by atoms with van der Waals surface area (Å²) in [5, 5.41) is 15.1. The van der Waals surface area contributed by atoms with Crippen LogP contribution in [0, 0.1) is 5.41 Å². The fourth-order valence-corrected chi connectivity index (χ4v) is 2.88. The molecular weight excluding hydrogens is 268 g/mol. The Balaban J connectivity index is 2.11. The molecule has 2 rings (SSSR count). The molecule has 1 aliphatic carbocycles. The van der Waals surface area contributed by atoms with Crippen molar-refractivity contribution in [3.63, 3.8) is 0 Å². The maximum atomic E-state index is 12.6. The zero-order chi connectivity index (χ0) is 15.1. The van der Waals surface area contributed by atoms with E-state index < -0.39 is 5.41 Å². The van der Waals surface area contributed by atoms with E-state index in [1.165, 1.54) is 0 Å². The monoisotopic (exact) mass is 290 g/mol. The van der Waals surface area contributed by atoms with Crippen molar-refractivity contribution in [1.29, 1.82) is 0 Å². The smallest absolute Gasteiger partial charge is 0.234 e. The van der Waals surface area contributed by atoms with Crippen LogP contribution in [-0.4, -0.2) is 21.9 Å². The number of hydrogen-bond acceptors (Lipinski definition) is 4. The molecule has 114 valence electrons. The van der Waals surface area contributed by atoms with Gasteiger partial charge in [0.1, 0.15) is 5.41 Å². The van der Waals surface area contributed by atoms with Crippen molar-refractivity contribution in [3.05, 3.63) is 30.1 Å². The normalized spacial score (nSPS) is 18.8. The lowest BCUT2D eigenvalue weighted by Crippen LogP contribution is -2.49. The maximum Gasteiger partial charge on any atom is 0.234 e.